The molecular formula is C27H52O14. The minimum atomic E-state index is -0.999. The molecule has 0 atom stereocenters. The van der Waals surface area contributed by atoms with E-state index in [0.717, 1.165) is 0 Å². The van der Waals surface area contributed by atoms with Crippen LogP contribution in [0.1, 0.15) is 27.2 Å². The summed E-state index contributed by atoms with van der Waals surface area (Å²) in [5, 5.41) is 8.41. The SMILES string of the molecule is CC(C)(C)OC(=O)CCOCCOCCOCCOCCOCCOCCOCCOCCOCCOCC(=O)O. The van der Waals surface area contributed by atoms with Gasteiger partial charge in [-0.15, -0.1) is 0 Å². The lowest BCUT2D eigenvalue weighted by Gasteiger charge is -2.19. The summed E-state index contributed by atoms with van der Waals surface area (Å²) < 4.78 is 58.5. The Kier molecular flexibility index (Phi) is 28.9. The monoisotopic (exact) mass is 600 g/mol. The van der Waals surface area contributed by atoms with Crippen molar-refractivity contribution in [1.29, 1.82) is 0 Å². The van der Waals surface area contributed by atoms with E-state index >= 15 is 0 Å². The number of carboxylic acid groups (broad SMARTS) is 1. The minimum Gasteiger partial charge on any atom is -0.480 e. The molecule has 0 aliphatic rings. The van der Waals surface area contributed by atoms with Crippen LogP contribution in [0, 0.1) is 0 Å². The first-order chi connectivity index (χ1) is 19.8. The average molecular weight is 601 g/mol. The predicted molar refractivity (Wildman–Crippen MR) is 146 cm³/mol. The lowest BCUT2D eigenvalue weighted by molar-refractivity contribution is -0.156. The van der Waals surface area contributed by atoms with E-state index in [2.05, 4.69) is 0 Å². The molecule has 0 saturated carbocycles. The van der Waals surface area contributed by atoms with E-state index in [0.29, 0.717) is 119 Å². The number of carbonyl (C=O) groups is 2. The van der Waals surface area contributed by atoms with Crippen LogP contribution in [0.5, 0.6) is 0 Å². The van der Waals surface area contributed by atoms with E-state index in [4.69, 9.17) is 57.2 Å². The third-order valence-corrected chi connectivity index (χ3v) is 4.44. The number of esters is 1. The van der Waals surface area contributed by atoms with Crippen molar-refractivity contribution in [3.8, 4) is 0 Å². The zero-order valence-electron chi connectivity index (χ0n) is 25.1. The molecule has 0 rings (SSSR count). The van der Waals surface area contributed by atoms with Gasteiger partial charge in [0, 0.05) is 0 Å². The van der Waals surface area contributed by atoms with Crippen LogP contribution in [0.4, 0.5) is 0 Å². The summed E-state index contributed by atoms with van der Waals surface area (Å²) in [6, 6.07) is 0. The summed E-state index contributed by atoms with van der Waals surface area (Å²) >= 11 is 0. The molecule has 0 aliphatic carbocycles. The van der Waals surface area contributed by atoms with Gasteiger partial charge in [-0.25, -0.2) is 4.79 Å². The zero-order chi connectivity index (χ0) is 30.3. The smallest absolute Gasteiger partial charge is 0.329 e. The van der Waals surface area contributed by atoms with Gasteiger partial charge in [-0.2, -0.15) is 0 Å². The molecule has 0 aliphatic heterocycles. The number of aliphatic carboxylic acids is 1. The summed E-state index contributed by atoms with van der Waals surface area (Å²) in [5.41, 5.74) is -0.477. The number of ether oxygens (including phenoxy) is 11. The van der Waals surface area contributed by atoms with E-state index in [1.807, 2.05) is 20.8 Å². The molecule has 0 aromatic carbocycles. The Morgan fingerprint density at radius 3 is 0.927 bits per heavy atom. The first kappa shape index (κ1) is 39.5. The molecule has 0 aromatic rings. The van der Waals surface area contributed by atoms with E-state index in [9.17, 15) is 9.59 Å². The highest BCUT2D eigenvalue weighted by molar-refractivity contribution is 5.69. The van der Waals surface area contributed by atoms with Gasteiger partial charge >= 0.3 is 11.9 Å². The van der Waals surface area contributed by atoms with Crippen molar-refractivity contribution in [3.05, 3.63) is 0 Å². The highest BCUT2D eigenvalue weighted by Crippen LogP contribution is 2.08. The summed E-state index contributed by atoms with van der Waals surface area (Å²) in [4.78, 5) is 21.8. The van der Waals surface area contributed by atoms with Crippen molar-refractivity contribution in [2.75, 3.05) is 132 Å². The van der Waals surface area contributed by atoms with Crippen LogP contribution in [-0.4, -0.2) is 155 Å². The number of hydrogen-bond acceptors (Lipinski definition) is 13. The lowest BCUT2D eigenvalue weighted by Crippen LogP contribution is -2.24. The molecule has 0 saturated heterocycles. The lowest BCUT2D eigenvalue weighted by atomic mass is 10.2. The van der Waals surface area contributed by atoms with Crippen molar-refractivity contribution in [2.45, 2.75) is 32.8 Å². The molecule has 41 heavy (non-hydrogen) atoms. The van der Waals surface area contributed by atoms with Crippen LogP contribution in [0.15, 0.2) is 0 Å². The second-order valence-electron chi connectivity index (χ2n) is 9.29. The van der Waals surface area contributed by atoms with Crippen LogP contribution in [-0.2, 0) is 61.7 Å². The molecule has 0 amide bonds. The molecule has 1 N–H and O–H groups in total. The van der Waals surface area contributed by atoms with Gasteiger partial charge in [0.25, 0.3) is 0 Å². The fourth-order valence-corrected chi connectivity index (χ4v) is 2.69. The van der Waals surface area contributed by atoms with E-state index in [-0.39, 0.29) is 25.6 Å². The first-order valence-corrected chi connectivity index (χ1v) is 14.0. The molecular weight excluding hydrogens is 548 g/mol. The van der Waals surface area contributed by atoms with Crippen LogP contribution in [0.25, 0.3) is 0 Å². The predicted octanol–water partition coefficient (Wildman–Crippen LogP) is 0.969. The average Bonchev–Trinajstić information content (AvgIpc) is 2.90. The Balaban J connectivity index is 3.10. The van der Waals surface area contributed by atoms with Crippen LogP contribution >= 0.6 is 0 Å². The standard InChI is InChI=1S/C27H52O14/c1-27(2,3)41-26(30)4-5-31-6-7-32-8-9-33-10-11-34-12-13-35-14-15-36-16-17-37-18-19-38-20-21-39-22-23-40-24-25(28)29/h4-24H2,1-3H3,(H,28,29). The van der Waals surface area contributed by atoms with Gasteiger partial charge in [0.05, 0.1) is 132 Å². The van der Waals surface area contributed by atoms with Gasteiger partial charge in [-0.1, -0.05) is 0 Å². The molecule has 0 aromatic heterocycles. The normalized spacial score (nSPS) is 11.7. The molecule has 14 nitrogen and oxygen atoms in total. The number of carbonyl (C=O) groups excluding carboxylic acids is 1. The minimum absolute atomic E-state index is 0.227. The van der Waals surface area contributed by atoms with Crippen molar-refractivity contribution < 1.29 is 66.8 Å². The molecule has 0 unspecified atom stereocenters. The maximum Gasteiger partial charge on any atom is 0.329 e. The third kappa shape index (κ3) is 36.5. The Labute approximate surface area is 244 Å². The van der Waals surface area contributed by atoms with Crippen molar-refractivity contribution >= 4 is 11.9 Å². The van der Waals surface area contributed by atoms with Gasteiger partial charge in [0.1, 0.15) is 12.2 Å². The molecule has 0 spiro atoms. The largest absolute Gasteiger partial charge is 0.480 e. The van der Waals surface area contributed by atoms with Gasteiger partial charge in [0.15, 0.2) is 0 Å². The second kappa shape index (κ2) is 30.0. The van der Waals surface area contributed by atoms with Gasteiger partial charge < -0.3 is 57.2 Å². The molecule has 244 valence electrons. The Morgan fingerprint density at radius 2 is 0.683 bits per heavy atom. The Bertz CT molecular complexity index is 585. The number of rotatable bonds is 32. The summed E-state index contributed by atoms with van der Waals surface area (Å²) in [6.45, 7) is 13.4. The van der Waals surface area contributed by atoms with Gasteiger partial charge in [-0.05, 0) is 20.8 Å². The van der Waals surface area contributed by atoms with E-state index < -0.39 is 11.6 Å². The van der Waals surface area contributed by atoms with Gasteiger partial charge in [-0.3, -0.25) is 4.79 Å². The third-order valence-electron chi connectivity index (χ3n) is 4.44. The van der Waals surface area contributed by atoms with Crippen LogP contribution < -0.4 is 0 Å². The highest BCUT2D eigenvalue weighted by Gasteiger charge is 2.15. The maximum atomic E-state index is 11.5. The number of hydrogen-bond donors (Lipinski definition) is 1. The highest BCUT2D eigenvalue weighted by atomic mass is 16.6. The fraction of sp³-hybridized carbons (Fsp3) is 0.926. The van der Waals surface area contributed by atoms with Crippen LogP contribution in [0.2, 0.25) is 0 Å². The molecule has 14 heteroatoms. The maximum absolute atomic E-state index is 11.5. The Hall–Kier alpha value is -1.46. The van der Waals surface area contributed by atoms with E-state index in [1.54, 1.807) is 0 Å². The van der Waals surface area contributed by atoms with Gasteiger partial charge in [0.2, 0.25) is 0 Å². The summed E-state index contributed by atoms with van der Waals surface area (Å²) in [6.07, 6.45) is 0.227. The van der Waals surface area contributed by atoms with E-state index in [1.165, 1.54) is 0 Å². The molecule has 0 bridgehead atoms. The number of carboxylic acids is 1. The summed E-state index contributed by atoms with van der Waals surface area (Å²) in [5.74, 6) is -1.27. The molecule has 0 fully saturated rings. The molecule has 0 radical (unpaired) electrons. The van der Waals surface area contributed by atoms with Crippen molar-refractivity contribution in [3.63, 3.8) is 0 Å². The van der Waals surface area contributed by atoms with Crippen molar-refractivity contribution in [1.82, 2.24) is 0 Å². The zero-order valence-corrected chi connectivity index (χ0v) is 25.1. The first-order valence-electron chi connectivity index (χ1n) is 14.0. The molecule has 0 heterocycles. The summed E-state index contributed by atoms with van der Waals surface area (Å²) in [7, 11) is 0. The van der Waals surface area contributed by atoms with Crippen LogP contribution in [0.3, 0.4) is 0 Å². The second-order valence-corrected chi connectivity index (χ2v) is 9.29. The quantitative estimate of drug-likeness (QED) is 0.0860. The topological polar surface area (TPSA) is 156 Å². The van der Waals surface area contributed by atoms with Crippen molar-refractivity contribution in [2.24, 2.45) is 0 Å². The Morgan fingerprint density at radius 1 is 0.439 bits per heavy atom. The fourth-order valence-electron chi connectivity index (χ4n) is 2.69.